The molecule has 0 saturated carbocycles. The van der Waals surface area contributed by atoms with Gasteiger partial charge in [-0.3, -0.25) is 0 Å². The molecule has 2 aliphatic heterocycles. The van der Waals surface area contributed by atoms with Gasteiger partial charge in [0.05, 0.1) is 15.2 Å². The molecule has 2 fully saturated rings. The van der Waals surface area contributed by atoms with E-state index in [0.29, 0.717) is 18.1 Å². The molecule has 2 nitrogen and oxygen atoms in total. The summed E-state index contributed by atoms with van der Waals surface area (Å²) in [6.07, 6.45) is 5.10. The normalized spacial score (nSPS) is 30.8. The predicted octanol–water partition coefficient (Wildman–Crippen LogP) is 3.82. The van der Waals surface area contributed by atoms with Crippen molar-refractivity contribution < 1.29 is 0 Å². The van der Waals surface area contributed by atoms with E-state index in [9.17, 15) is 0 Å². The van der Waals surface area contributed by atoms with E-state index in [2.05, 4.69) is 39.3 Å². The molecule has 0 spiro atoms. The lowest BCUT2D eigenvalue weighted by Gasteiger charge is -2.41. The molecule has 2 atom stereocenters. The van der Waals surface area contributed by atoms with Crippen molar-refractivity contribution in [2.45, 2.75) is 43.8 Å². The molecule has 1 aromatic carbocycles. The summed E-state index contributed by atoms with van der Waals surface area (Å²) in [7, 11) is 2.08. The first-order chi connectivity index (χ1) is 8.70. The monoisotopic (exact) mass is 328 g/mol. The Kier molecular flexibility index (Phi) is 3.57. The number of rotatable bonds is 2. The molecule has 2 unspecified atom stereocenters. The fourth-order valence-corrected chi connectivity index (χ4v) is 4.14. The highest BCUT2D eigenvalue weighted by molar-refractivity contribution is 9.10. The Morgan fingerprint density at radius 3 is 2.56 bits per heavy atom. The van der Waals surface area contributed by atoms with Crippen LogP contribution < -0.4 is 10.2 Å². The quantitative estimate of drug-likeness (QED) is 0.887. The van der Waals surface area contributed by atoms with Crippen molar-refractivity contribution in [2.24, 2.45) is 0 Å². The molecule has 4 heteroatoms. The van der Waals surface area contributed by atoms with Gasteiger partial charge in [-0.15, -0.1) is 0 Å². The fraction of sp³-hybridized carbons (Fsp3) is 0.571. The highest BCUT2D eigenvalue weighted by Gasteiger charge is 2.40. The van der Waals surface area contributed by atoms with Crippen molar-refractivity contribution in [1.82, 2.24) is 5.32 Å². The fourth-order valence-electron chi connectivity index (χ4n) is 3.50. The zero-order valence-electron chi connectivity index (χ0n) is 10.5. The summed E-state index contributed by atoms with van der Waals surface area (Å²) in [5.74, 6) is 0. The van der Waals surface area contributed by atoms with Crippen LogP contribution in [0.1, 0.15) is 25.7 Å². The maximum absolute atomic E-state index is 6.22. The largest absolute Gasteiger partial charge is 0.364 e. The van der Waals surface area contributed by atoms with Crippen molar-refractivity contribution in [3.63, 3.8) is 0 Å². The van der Waals surface area contributed by atoms with Crippen LogP contribution in [0.4, 0.5) is 5.69 Å². The third-order valence-corrected chi connectivity index (χ3v) is 5.73. The molecule has 98 valence electrons. The molecule has 18 heavy (non-hydrogen) atoms. The number of benzene rings is 1. The number of nitrogens with one attached hydrogen (secondary N) is 1. The first-order valence-corrected chi connectivity index (χ1v) is 7.77. The summed E-state index contributed by atoms with van der Waals surface area (Å²) in [6, 6.07) is 8.17. The zero-order chi connectivity index (χ0) is 12.7. The van der Waals surface area contributed by atoms with Crippen LogP contribution in [0.3, 0.4) is 0 Å². The summed E-state index contributed by atoms with van der Waals surface area (Å²) in [5, 5.41) is 4.25. The molecular weight excluding hydrogens is 312 g/mol. The van der Waals surface area contributed by atoms with Crippen LogP contribution in [0.2, 0.25) is 5.02 Å². The van der Waals surface area contributed by atoms with Gasteiger partial charge in [0, 0.05) is 18.1 Å². The number of fused-ring (bicyclic) bond motifs is 2. The zero-order valence-corrected chi connectivity index (χ0v) is 12.8. The van der Waals surface area contributed by atoms with Gasteiger partial charge in [-0.05, 0) is 60.8 Å². The third-order valence-electron chi connectivity index (χ3n) is 4.35. The van der Waals surface area contributed by atoms with E-state index >= 15 is 0 Å². The van der Waals surface area contributed by atoms with Gasteiger partial charge in [0.1, 0.15) is 0 Å². The number of hydrogen-bond acceptors (Lipinski definition) is 2. The second-order valence-corrected chi connectivity index (χ2v) is 6.52. The van der Waals surface area contributed by atoms with E-state index in [1.54, 1.807) is 0 Å². The van der Waals surface area contributed by atoms with Crippen molar-refractivity contribution in [2.75, 3.05) is 11.9 Å². The Balaban J connectivity index is 1.92. The summed E-state index contributed by atoms with van der Waals surface area (Å²) in [6.45, 7) is 0. The lowest BCUT2D eigenvalue weighted by atomic mass is 9.97. The Morgan fingerprint density at radius 1 is 1.28 bits per heavy atom. The molecule has 1 aromatic rings. The minimum Gasteiger partial charge on any atom is -0.364 e. The number of nitrogens with zero attached hydrogens (tertiary/aromatic N) is 1. The summed E-state index contributed by atoms with van der Waals surface area (Å²) < 4.78 is 1.05. The van der Waals surface area contributed by atoms with E-state index in [1.165, 1.54) is 31.4 Å². The molecule has 1 N–H and O–H groups in total. The van der Waals surface area contributed by atoms with Crippen LogP contribution in [-0.2, 0) is 0 Å². The molecular formula is C14H18BrClN2. The van der Waals surface area contributed by atoms with Gasteiger partial charge in [0.15, 0.2) is 0 Å². The minimum absolute atomic E-state index is 0.663. The van der Waals surface area contributed by atoms with E-state index in [-0.39, 0.29) is 0 Å². The first-order valence-electron chi connectivity index (χ1n) is 6.60. The molecule has 0 radical (unpaired) electrons. The van der Waals surface area contributed by atoms with E-state index < -0.39 is 0 Å². The average molecular weight is 330 g/mol. The third kappa shape index (κ3) is 2.06. The van der Waals surface area contributed by atoms with Gasteiger partial charge in [0.25, 0.3) is 0 Å². The van der Waals surface area contributed by atoms with E-state index in [0.717, 1.165) is 9.50 Å². The lowest BCUT2D eigenvalue weighted by molar-refractivity contribution is 0.373. The summed E-state index contributed by atoms with van der Waals surface area (Å²) in [5.41, 5.74) is 1.27. The molecule has 0 aliphatic carbocycles. The van der Waals surface area contributed by atoms with Crippen molar-refractivity contribution in [3.05, 3.63) is 27.7 Å². The van der Waals surface area contributed by atoms with Crippen LogP contribution in [0.15, 0.2) is 22.7 Å². The van der Waals surface area contributed by atoms with Gasteiger partial charge in [0.2, 0.25) is 0 Å². The molecule has 0 amide bonds. The summed E-state index contributed by atoms with van der Waals surface area (Å²) in [4.78, 5) is 2.59. The van der Waals surface area contributed by atoms with Crippen LogP contribution in [0.25, 0.3) is 0 Å². The van der Waals surface area contributed by atoms with Gasteiger partial charge < -0.3 is 10.2 Å². The topological polar surface area (TPSA) is 15.3 Å². The van der Waals surface area contributed by atoms with Crippen molar-refractivity contribution in [1.29, 1.82) is 0 Å². The number of piperidine rings is 1. The first kappa shape index (κ1) is 12.8. The minimum atomic E-state index is 0.663. The van der Waals surface area contributed by atoms with Crippen molar-refractivity contribution in [3.8, 4) is 0 Å². The standard InChI is InChI=1S/C14H18BrClN2/c1-17-9-7-10-5-6-11(8-9)18(10)13-4-2-3-12(16)14(13)15/h2-4,9-11,17H,5-8H2,1H3. The molecule has 0 aromatic heterocycles. The van der Waals surface area contributed by atoms with E-state index in [1.807, 2.05) is 12.1 Å². The lowest BCUT2D eigenvalue weighted by Crippen LogP contribution is -2.48. The van der Waals surface area contributed by atoms with Gasteiger partial charge >= 0.3 is 0 Å². The number of halogens is 2. The average Bonchev–Trinajstić information content (AvgIpc) is 2.63. The molecule has 2 aliphatic rings. The molecule has 2 bridgehead atoms. The summed E-state index contributed by atoms with van der Waals surface area (Å²) >= 11 is 9.86. The predicted molar refractivity (Wildman–Crippen MR) is 80.5 cm³/mol. The van der Waals surface area contributed by atoms with Crippen LogP contribution in [0.5, 0.6) is 0 Å². The Morgan fingerprint density at radius 2 is 1.94 bits per heavy atom. The maximum Gasteiger partial charge on any atom is 0.0595 e. The number of anilines is 1. The van der Waals surface area contributed by atoms with Crippen molar-refractivity contribution >= 4 is 33.2 Å². The molecule has 3 rings (SSSR count). The Bertz CT molecular complexity index is 437. The second kappa shape index (κ2) is 5.03. The van der Waals surface area contributed by atoms with Crippen LogP contribution >= 0.6 is 27.5 Å². The van der Waals surface area contributed by atoms with Gasteiger partial charge in [-0.2, -0.15) is 0 Å². The van der Waals surface area contributed by atoms with Gasteiger partial charge in [-0.1, -0.05) is 17.7 Å². The van der Waals surface area contributed by atoms with Crippen LogP contribution in [-0.4, -0.2) is 25.2 Å². The maximum atomic E-state index is 6.22. The smallest absolute Gasteiger partial charge is 0.0595 e. The molecule has 2 saturated heterocycles. The Labute approximate surface area is 122 Å². The highest BCUT2D eigenvalue weighted by atomic mass is 79.9. The SMILES string of the molecule is CNC1CC2CCC(C1)N2c1cccc(Cl)c1Br. The second-order valence-electron chi connectivity index (χ2n) is 5.32. The molecule has 2 heterocycles. The number of hydrogen-bond donors (Lipinski definition) is 1. The Hall–Kier alpha value is -0.250. The highest BCUT2D eigenvalue weighted by Crippen LogP contribution is 2.43. The van der Waals surface area contributed by atoms with Gasteiger partial charge in [-0.25, -0.2) is 0 Å². The van der Waals surface area contributed by atoms with Crippen LogP contribution in [0, 0.1) is 0 Å². The van der Waals surface area contributed by atoms with E-state index in [4.69, 9.17) is 11.6 Å².